The SMILES string of the molecule is c1ccc(-c2cc3c4ccccc4nc(-c4ccc(-c5cccc(-n6c7ccccc7c7c8c(ccc76)c(-c6ccccc6)nc6ccccc68)c5)cc4)n3n2)cc1. The van der Waals surface area contributed by atoms with Gasteiger partial charge in [-0.05, 0) is 53.6 Å². The first-order chi connectivity index (χ1) is 28.8. The van der Waals surface area contributed by atoms with Crippen molar-refractivity contribution in [2.45, 2.75) is 0 Å². The molecule has 0 fully saturated rings. The molecular weight excluding hydrogens is 707 g/mol. The van der Waals surface area contributed by atoms with Crippen LogP contribution in [-0.4, -0.2) is 24.1 Å². The van der Waals surface area contributed by atoms with Gasteiger partial charge in [0.15, 0.2) is 5.82 Å². The topological polar surface area (TPSA) is 48.0 Å². The van der Waals surface area contributed by atoms with E-state index in [4.69, 9.17) is 15.1 Å². The van der Waals surface area contributed by atoms with Gasteiger partial charge in [-0.3, -0.25) is 0 Å². The summed E-state index contributed by atoms with van der Waals surface area (Å²) >= 11 is 0. The van der Waals surface area contributed by atoms with Crippen molar-refractivity contribution in [3.8, 4) is 50.7 Å². The van der Waals surface area contributed by atoms with Gasteiger partial charge in [-0.2, -0.15) is 5.10 Å². The minimum absolute atomic E-state index is 0.812. The van der Waals surface area contributed by atoms with Crippen LogP contribution < -0.4 is 0 Å². The van der Waals surface area contributed by atoms with Crippen LogP contribution >= 0.6 is 0 Å². The molecule has 5 heteroatoms. The lowest BCUT2D eigenvalue weighted by Gasteiger charge is -2.13. The van der Waals surface area contributed by atoms with Gasteiger partial charge in [0.05, 0.1) is 39.0 Å². The average molecular weight is 740 g/mol. The van der Waals surface area contributed by atoms with E-state index in [2.05, 4.69) is 193 Å². The normalized spacial score (nSPS) is 11.8. The van der Waals surface area contributed by atoms with Crippen molar-refractivity contribution in [1.29, 1.82) is 0 Å². The van der Waals surface area contributed by atoms with Crippen molar-refractivity contribution in [2.24, 2.45) is 0 Å². The maximum absolute atomic E-state index is 5.22. The molecule has 0 aliphatic rings. The molecule has 0 spiro atoms. The third kappa shape index (κ3) is 5.00. The lowest BCUT2D eigenvalue weighted by atomic mass is 9.96. The number of hydrogen-bond donors (Lipinski definition) is 0. The summed E-state index contributed by atoms with van der Waals surface area (Å²) < 4.78 is 4.41. The summed E-state index contributed by atoms with van der Waals surface area (Å²) in [5.41, 5.74) is 13.8. The minimum atomic E-state index is 0.812. The molecule has 12 aromatic rings. The zero-order valence-corrected chi connectivity index (χ0v) is 31.3. The Kier molecular flexibility index (Phi) is 7.16. The van der Waals surface area contributed by atoms with E-state index in [1.807, 2.05) is 16.6 Å². The predicted octanol–water partition coefficient (Wildman–Crippen LogP) is 13.3. The number of hydrogen-bond acceptors (Lipinski definition) is 3. The number of benzene rings is 8. The molecular formula is C53H33N5. The third-order valence-corrected chi connectivity index (χ3v) is 11.5. The highest BCUT2D eigenvalue weighted by Crippen LogP contribution is 2.42. The van der Waals surface area contributed by atoms with E-state index in [1.54, 1.807) is 0 Å². The lowest BCUT2D eigenvalue weighted by molar-refractivity contribution is 0.949. The first-order valence-corrected chi connectivity index (χ1v) is 19.6. The molecule has 0 saturated carbocycles. The van der Waals surface area contributed by atoms with Crippen molar-refractivity contribution in [3.63, 3.8) is 0 Å². The van der Waals surface area contributed by atoms with Crippen LogP contribution in [0, 0.1) is 0 Å². The standard InChI is InChI=1S/C53H33N5/c1-3-14-35(15-4-1)46-33-49-40-20-7-10-23-44(40)55-53(58(49)56-46)37-28-26-34(27-29-37)38-18-13-19-39(32-38)57-47-25-12-9-22-42(47)51-48(57)31-30-43-50(51)41-21-8-11-24-45(41)54-52(43)36-16-5-2-6-17-36/h1-33H. The quantitative estimate of drug-likeness (QED) is 0.165. The molecule has 0 unspecified atom stereocenters. The highest BCUT2D eigenvalue weighted by atomic mass is 15.3. The summed E-state index contributed by atoms with van der Waals surface area (Å²) in [5.74, 6) is 0.812. The maximum Gasteiger partial charge on any atom is 0.161 e. The molecule has 0 radical (unpaired) electrons. The van der Waals surface area contributed by atoms with Crippen LogP contribution in [0.1, 0.15) is 0 Å². The van der Waals surface area contributed by atoms with Crippen molar-refractivity contribution < 1.29 is 0 Å². The van der Waals surface area contributed by atoms with Gasteiger partial charge in [-0.1, -0.05) is 158 Å². The summed E-state index contributed by atoms with van der Waals surface area (Å²) in [6, 6.07) is 70.8. The van der Waals surface area contributed by atoms with E-state index in [9.17, 15) is 0 Å². The van der Waals surface area contributed by atoms with Crippen LogP contribution in [0.25, 0.3) is 111 Å². The Hall–Kier alpha value is -7.89. The van der Waals surface area contributed by atoms with Crippen LogP contribution in [-0.2, 0) is 0 Å². The van der Waals surface area contributed by atoms with E-state index in [0.29, 0.717) is 0 Å². The van der Waals surface area contributed by atoms with Gasteiger partial charge in [0.1, 0.15) is 0 Å². The van der Waals surface area contributed by atoms with E-state index >= 15 is 0 Å². The number of para-hydroxylation sites is 3. The van der Waals surface area contributed by atoms with Gasteiger partial charge in [0.25, 0.3) is 0 Å². The largest absolute Gasteiger partial charge is 0.309 e. The summed E-state index contributed by atoms with van der Waals surface area (Å²) in [6.45, 7) is 0. The monoisotopic (exact) mass is 739 g/mol. The number of fused-ring (bicyclic) bond motifs is 10. The van der Waals surface area contributed by atoms with Gasteiger partial charge in [-0.15, -0.1) is 0 Å². The molecule has 0 bridgehead atoms. The molecule has 0 atom stereocenters. The summed E-state index contributed by atoms with van der Waals surface area (Å²) in [5, 5.41) is 12.2. The van der Waals surface area contributed by atoms with Gasteiger partial charge in [0.2, 0.25) is 0 Å². The number of nitrogens with zero attached hydrogens (tertiary/aromatic N) is 5. The van der Waals surface area contributed by atoms with Crippen LogP contribution in [0.2, 0.25) is 0 Å². The van der Waals surface area contributed by atoms with Crippen LogP contribution in [0.15, 0.2) is 200 Å². The van der Waals surface area contributed by atoms with Crippen LogP contribution in [0.3, 0.4) is 0 Å². The lowest BCUT2D eigenvalue weighted by Crippen LogP contribution is -1.99. The summed E-state index contributed by atoms with van der Waals surface area (Å²) in [4.78, 5) is 10.4. The second-order valence-electron chi connectivity index (χ2n) is 14.9. The Labute approximate surface area is 333 Å². The van der Waals surface area contributed by atoms with Gasteiger partial charge >= 0.3 is 0 Å². The number of aromatic nitrogens is 5. The summed E-state index contributed by atoms with van der Waals surface area (Å²) in [7, 11) is 0. The molecule has 12 rings (SSSR count). The molecule has 0 aliphatic heterocycles. The Balaban J connectivity index is 1.00. The summed E-state index contributed by atoms with van der Waals surface area (Å²) in [6.07, 6.45) is 0. The van der Waals surface area contributed by atoms with Crippen molar-refractivity contribution in [2.75, 3.05) is 0 Å². The first kappa shape index (κ1) is 32.4. The minimum Gasteiger partial charge on any atom is -0.309 e. The Morgan fingerprint density at radius 1 is 0.345 bits per heavy atom. The molecule has 270 valence electrons. The molecule has 0 saturated heterocycles. The van der Waals surface area contributed by atoms with Crippen molar-refractivity contribution in [3.05, 3.63) is 200 Å². The van der Waals surface area contributed by atoms with Crippen molar-refractivity contribution >= 4 is 59.9 Å². The molecule has 58 heavy (non-hydrogen) atoms. The fourth-order valence-electron chi connectivity index (χ4n) is 8.85. The molecule has 4 aromatic heterocycles. The molecule has 8 aromatic carbocycles. The first-order valence-electron chi connectivity index (χ1n) is 19.6. The Bertz CT molecular complexity index is 3550. The second-order valence-corrected chi connectivity index (χ2v) is 14.9. The van der Waals surface area contributed by atoms with Gasteiger partial charge < -0.3 is 4.57 Å². The Morgan fingerprint density at radius 3 is 1.78 bits per heavy atom. The predicted molar refractivity (Wildman–Crippen MR) is 239 cm³/mol. The highest BCUT2D eigenvalue weighted by Gasteiger charge is 2.20. The molecule has 0 amide bonds. The Morgan fingerprint density at radius 2 is 0.983 bits per heavy atom. The smallest absolute Gasteiger partial charge is 0.161 e. The van der Waals surface area contributed by atoms with Crippen LogP contribution in [0.5, 0.6) is 0 Å². The molecule has 5 nitrogen and oxygen atoms in total. The van der Waals surface area contributed by atoms with E-state index in [0.717, 1.165) is 88.9 Å². The van der Waals surface area contributed by atoms with Crippen LogP contribution in [0.4, 0.5) is 0 Å². The third-order valence-electron chi connectivity index (χ3n) is 11.5. The fourth-order valence-corrected chi connectivity index (χ4v) is 8.85. The second kappa shape index (κ2) is 12.8. The van der Waals surface area contributed by atoms with E-state index < -0.39 is 0 Å². The molecule has 0 N–H and O–H groups in total. The molecule has 4 heterocycles. The zero-order chi connectivity index (χ0) is 38.2. The highest BCUT2D eigenvalue weighted by molar-refractivity contribution is 6.29. The van der Waals surface area contributed by atoms with E-state index in [1.165, 1.54) is 21.7 Å². The van der Waals surface area contributed by atoms with Gasteiger partial charge in [0, 0.05) is 54.7 Å². The average Bonchev–Trinajstić information content (AvgIpc) is 3.90. The van der Waals surface area contributed by atoms with Gasteiger partial charge in [-0.25, -0.2) is 14.5 Å². The van der Waals surface area contributed by atoms with Crippen molar-refractivity contribution in [1.82, 2.24) is 24.1 Å². The molecule has 0 aliphatic carbocycles. The number of rotatable bonds is 5. The zero-order valence-electron chi connectivity index (χ0n) is 31.3. The fraction of sp³-hybridized carbons (Fsp3) is 0. The number of pyridine rings is 1. The van der Waals surface area contributed by atoms with E-state index in [-0.39, 0.29) is 0 Å². The maximum atomic E-state index is 5.22.